The van der Waals surface area contributed by atoms with Crippen molar-refractivity contribution < 1.29 is 0 Å². The quantitative estimate of drug-likeness (QED) is 0.853. The van der Waals surface area contributed by atoms with Crippen LogP contribution in [0.5, 0.6) is 0 Å². The molecule has 1 aliphatic rings. The van der Waals surface area contributed by atoms with Gasteiger partial charge in [0, 0.05) is 13.1 Å². The van der Waals surface area contributed by atoms with E-state index in [1.165, 1.54) is 32.1 Å². The summed E-state index contributed by atoms with van der Waals surface area (Å²) in [4.78, 5) is 4.28. The van der Waals surface area contributed by atoms with Crippen LogP contribution < -0.4 is 5.32 Å². The summed E-state index contributed by atoms with van der Waals surface area (Å²) >= 11 is 0. The van der Waals surface area contributed by atoms with Crippen molar-refractivity contribution in [2.24, 2.45) is 5.41 Å². The molecule has 2 rings (SSSR count). The first-order valence-corrected chi connectivity index (χ1v) is 6.81. The summed E-state index contributed by atoms with van der Waals surface area (Å²) in [7, 11) is 0. The number of rotatable bonds is 5. The van der Waals surface area contributed by atoms with Gasteiger partial charge in [-0.25, -0.2) is 9.67 Å². The monoisotopic (exact) mass is 236 g/mol. The Morgan fingerprint density at radius 2 is 2.12 bits per heavy atom. The molecule has 0 bridgehead atoms. The van der Waals surface area contributed by atoms with E-state index in [0.29, 0.717) is 5.41 Å². The molecule has 1 N–H and O–H groups in total. The summed E-state index contributed by atoms with van der Waals surface area (Å²) in [5, 5.41) is 7.73. The maximum absolute atomic E-state index is 4.28. The van der Waals surface area contributed by atoms with Gasteiger partial charge < -0.3 is 5.32 Å². The summed E-state index contributed by atoms with van der Waals surface area (Å²) in [6, 6.07) is 0. The number of aryl methyl sites for hydroxylation is 1. The average molecular weight is 236 g/mol. The molecule has 96 valence electrons. The van der Waals surface area contributed by atoms with Gasteiger partial charge in [0.25, 0.3) is 0 Å². The van der Waals surface area contributed by atoms with Crippen molar-refractivity contribution in [3.05, 3.63) is 12.2 Å². The zero-order valence-electron chi connectivity index (χ0n) is 11.1. The van der Waals surface area contributed by atoms with E-state index in [4.69, 9.17) is 0 Å². The summed E-state index contributed by atoms with van der Waals surface area (Å²) < 4.78 is 1.95. The molecule has 4 heteroatoms. The molecule has 0 aromatic carbocycles. The Morgan fingerprint density at radius 3 is 2.82 bits per heavy atom. The third-order valence-corrected chi connectivity index (χ3v) is 3.89. The predicted molar refractivity (Wildman–Crippen MR) is 68.6 cm³/mol. The van der Waals surface area contributed by atoms with Crippen LogP contribution in [-0.2, 0) is 13.1 Å². The number of aromatic nitrogens is 3. The maximum Gasteiger partial charge on any atom is 0.140 e. The first-order chi connectivity index (χ1) is 8.23. The van der Waals surface area contributed by atoms with Crippen molar-refractivity contribution in [2.45, 2.75) is 59.0 Å². The highest BCUT2D eigenvalue weighted by atomic mass is 15.3. The number of hydrogen-bond donors (Lipinski definition) is 1. The fourth-order valence-corrected chi connectivity index (χ4v) is 2.75. The van der Waals surface area contributed by atoms with Gasteiger partial charge in [-0.15, -0.1) is 0 Å². The third-order valence-electron chi connectivity index (χ3n) is 3.89. The first-order valence-electron chi connectivity index (χ1n) is 6.81. The second kappa shape index (κ2) is 5.63. The van der Waals surface area contributed by atoms with Crippen molar-refractivity contribution >= 4 is 0 Å². The van der Waals surface area contributed by atoms with Gasteiger partial charge in [0.05, 0.1) is 6.54 Å². The highest BCUT2D eigenvalue weighted by molar-refractivity contribution is 4.86. The van der Waals surface area contributed by atoms with E-state index in [0.717, 1.165) is 25.5 Å². The molecule has 0 saturated heterocycles. The van der Waals surface area contributed by atoms with E-state index in [2.05, 4.69) is 29.2 Å². The molecule has 17 heavy (non-hydrogen) atoms. The lowest BCUT2D eigenvalue weighted by atomic mass is 9.76. The Bertz CT molecular complexity index is 339. The lowest BCUT2D eigenvalue weighted by Crippen LogP contribution is -2.33. The molecule has 1 saturated carbocycles. The molecule has 1 aromatic heterocycles. The molecule has 1 aromatic rings. The van der Waals surface area contributed by atoms with Gasteiger partial charge in [-0.3, -0.25) is 0 Å². The van der Waals surface area contributed by atoms with Crippen LogP contribution in [0.2, 0.25) is 0 Å². The predicted octanol–water partition coefficient (Wildman–Crippen LogP) is 2.36. The van der Waals surface area contributed by atoms with E-state index in [1.54, 1.807) is 6.33 Å². The molecule has 1 fully saturated rings. The second-order valence-electron chi connectivity index (χ2n) is 5.47. The SMILES string of the molecule is CCn1ncnc1CNCC1(C)CCCCC1. The molecule has 1 heterocycles. The smallest absolute Gasteiger partial charge is 0.140 e. The highest BCUT2D eigenvalue weighted by Crippen LogP contribution is 2.34. The Kier molecular flexibility index (Phi) is 4.15. The highest BCUT2D eigenvalue weighted by Gasteiger charge is 2.26. The van der Waals surface area contributed by atoms with Crippen LogP contribution >= 0.6 is 0 Å². The van der Waals surface area contributed by atoms with Crippen molar-refractivity contribution in [3.8, 4) is 0 Å². The summed E-state index contributed by atoms with van der Waals surface area (Å²) in [5.74, 6) is 1.05. The van der Waals surface area contributed by atoms with Crippen molar-refractivity contribution in [1.29, 1.82) is 0 Å². The van der Waals surface area contributed by atoms with E-state index in [-0.39, 0.29) is 0 Å². The first kappa shape index (κ1) is 12.6. The molecular weight excluding hydrogens is 212 g/mol. The lowest BCUT2D eigenvalue weighted by molar-refractivity contribution is 0.206. The summed E-state index contributed by atoms with van der Waals surface area (Å²) in [6.45, 7) is 7.34. The van der Waals surface area contributed by atoms with Gasteiger partial charge in [-0.05, 0) is 25.2 Å². The Balaban J connectivity index is 1.79. The van der Waals surface area contributed by atoms with Crippen LogP contribution in [0.15, 0.2) is 6.33 Å². The van der Waals surface area contributed by atoms with E-state index in [9.17, 15) is 0 Å². The van der Waals surface area contributed by atoms with Gasteiger partial charge in [-0.2, -0.15) is 5.10 Å². The molecule has 0 unspecified atom stereocenters. The molecule has 0 spiro atoms. The topological polar surface area (TPSA) is 42.7 Å². The van der Waals surface area contributed by atoms with Gasteiger partial charge in [-0.1, -0.05) is 26.2 Å². The molecule has 4 nitrogen and oxygen atoms in total. The molecular formula is C13H24N4. The largest absolute Gasteiger partial charge is 0.309 e. The van der Waals surface area contributed by atoms with Crippen LogP contribution in [-0.4, -0.2) is 21.3 Å². The second-order valence-corrected chi connectivity index (χ2v) is 5.47. The normalized spacial score (nSPS) is 19.4. The van der Waals surface area contributed by atoms with Crippen LogP contribution in [0.25, 0.3) is 0 Å². The molecule has 0 aliphatic heterocycles. The average Bonchev–Trinajstić information content (AvgIpc) is 2.77. The van der Waals surface area contributed by atoms with E-state index < -0.39 is 0 Å². The maximum atomic E-state index is 4.28. The molecule has 0 amide bonds. The number of hydrogen-bond acceptors (Lipinski definition) is 3. The van der Waals surface area contributed by atoms with Gasteiger partial charge in [0.2, 0.25) is 0 Å². The van der Waals surface area contributed by atoms with Gasteiger partial charge in [0.1, 0.15) is 12.2 Å². The van der Waals surface area contributed by atoms with Crippen LogP contribution in [0, 0.1) is 5.41 Å². The van der Waals surface area contributed by atoms with Crippen molar-refractivity contribution in [2.75, 3.05) is 6.54 Å². The molecule has 0 radical (unpaired) electrons. The lowest BCUT2D eigenvalue weighted by Gasteiger charge is -2.33. The van der Waals surface area contributed by atoms with E-state index >= 15 is 0 Å². The van der Waals surface area contributed by atoms with Crippen molar-refractivity contribution in [1.82, 2.24) is 20.1 Å². The van der Waals surface area contributed by atoms with Gasteiger partial charge in [0.15, 0.2) is 0 Å². The zero-order chi connectivity index (χ0) is 12.1. The summed E-state index contributed by atoms with van der Waals surface area (Å²) in [6.07, 6.45) is 8.57. The fourth-order valence-electron chi connectivity index (χ4n) is 2.75. The Morgan fingerprint density at radius 1 is 1.35 bits per heavy atom. The van der Waals surface area contributed by atoms with Crippen LogP contribution in [0.4, 0.5) is 0 Å². The minimum absolute atomic E-state index is 0.495. The van der Waals surface area contributed by atoms with E-state index in [1.807, 2.05) is 4.68 Å². The van der Waals surface area contributed by atoms with Gasteiger partial charge >= 0.3 is 0 Å². The van der Waals surface area contributed by atoms with Crippen LogP contribution in [0.1, 0.15) is 51.8 Å². The standard InChI is InChI=1S/C13H24N4/c1-3-17-12(15-11-16-17)9-14-10-13(2)7-5-4-6-8-13/h11,14H,3-10H2,1-2H3. The number of nitrogens with one attached hydrogen (secondary N) is 1. The molecule has 1 aliphatic carbocycles. The number of nitrogens with zero attached hydrogens (tertiary/aromatic N) is 3. The minimum Gasteiger partial charge on any atom is -0.309 e. The zero-order valence-corrected chi connectivity index (χ0v) is 11.1. The Hall–Kier alpha value is -0.900. The Labute approximate surface area is 104 Å². The summed E-state index contributed by atoms with van der Waals surface area (Å²) in [5.41, 5.74) is 0.495. The minimum atomic E-state index is 0.495. The molecule has 0 atom stereocenters. The van der Waals surface area contributed by atoms with Crippen molar-refractivity contribution in [3.63, 3.8) is 0 Å². The third kappa shape index (κ3) is 3.28. The van der Waals surface area contributed by atoms with Crippen LogP contribution in [0.3, 0.4) is 0 Å². The fraction of sp³-hybridized carbons (Fsp3) is 0.846.